The van der Waals surface area contributed by atoms with Crippen LogP contribution in [0.15, 0.2) is 17.0 Å². The second kappa shape index (κ2) is 6.87. The molecule has 0 saturated heterocycles. The van der Waals surface area contributed by atoms with Crippen molar-refractivity contribution in [2.45, 2.75) is 18.2 Å². The van der Waals surface area contributed by atoms with Crippen molar-refractivity contribution in [3.05, 3.63) is 23.0 Å². The predicted octanol–water partition coefficient (Wildman–Crippen LogP) is 0.866. The molecule has 0 aromatic heterocycles. The topological polar surface area (TPSA) is 101 Å². The first kappa shape index (κ1) is 16.7. The highest BCUT2D eigenvalue weighted by molar-refractivity contribution is 7.89. The number of nitrogen functional groups attached to an aromatic ring is 1. The van der Waals surface area contributed by atoms with Crippen molar-refractivity contribution in [2.75, 3.05) is 18.8 Å². The van der Waals surface area contributed by atoms with Gasteiger partial charge in [-0.25, -0.2) is 17.5 Å². The maximum Gasteiger partial charge on any atom is 0.242 e. The van der Waals surface area contributed by atoms with Crippen LogP contribution in [0.3, 0.4) is 0 Å². The first-order valence-corrected chi connectivity index (χ1v) is 7.65. The molecule has 0 spiro atoms. The lowest BCUT2D eigenvalue weighted by Crippen LogP contribution is -2.37. The van der Waals surface area contributed by atoms with Crippen LogP contribution in [-0.4, -0.2) is 27.4 Å². The van der Waals surface area contributed by atoms with E-state index in [1.54, 1.807) is 0 Å². The summed E-state index contributed by atoms with van der Waals surface area (Å²) in [6.45, 7) is 1.88. The lowest BCUT2D eigenvalue weighted by molar-refractivity contribution is -0.119. The highest BCUT2D eigenvalue weighted by Gasteiger charge is 2.20. The van der Waals surface area contributed by atoms with Gasteiger partial charge in [0.2, 0.25) is 15.9 Å². The molecule has 6 nitrogen and oxygen atoms in total. The summed E-state index contributed by atoms with van der Waals surface area (Å²) in [4.78, 5) is 11.0. The van der Waals surface area contributed by atoms with Gasteiger partial charge in [-0.1, -0.05) is 18.5 Å². The molecule has 1 aromatic rings. The molecule has 0 atom stereocenters. The predicted molar refractivity (Wildman–Crippen MR) is 74.3 cm³/mol. The van der Waals surface area contributed by atoms with Gasteiger partial charge in [-0.15, -0.1) is 0 Å². The molecule has 0 aliphatic rings. The molecule has 20 heavy (non-hydrogen) atoms. The summed E-state index contributed by atoms with van der Waals surface area (Å²) in [6, 6.07) is 1.71. The zero-order chi connectivity index (χ0) is 15.3. The van der Waals surface area contributed by atoms with Crippen LogP contribution in [-0.2, 0) is 14.8 Å². The van der Waals surface area contributed by atoms with E-state index in [-0.39, 0.29) is 15.6 Å². The van der Waals surface area contributed by atoms with Crippen molar-refractivity contribution in [3.63, 3.8) is 0 Å². The van der Waals surface area contributed by atoms with Gasteiger partial charge in [0.15, 0.2) is 0 Å². The Labute approximate surface area is 121 Å². The monoisotopic (exact) mass is 323 g/mol. The molecule has 1 rings (SSSR count). The molecular formula is C11H15ClFN3O3S. The number of nitrogens with two attached hydrogens (primary N) is 1. The maximum absolute atomic E-state index is 13.1. The van der Waals surface area contributed by atoms with E-state index >= 15 is 0 Å². The highest BCUT2D eigenvalue weighted by Crippen LogP contribution is 2.25. The SMILES string of the molecule is CCCNC(=O)CNS(=O)(=O)c1cc(N)c(F)cc1Cl. The van der Waals surface area contributed by atoms with E-state index in [0.717, 1.165) is 18.6 Å². The molecule has 0 unspecified atom stereocenters. The Kier molecular flexibility index (Phi) is 5.73. The minimum atomic E-state index is -4.04. The number of benzene rings is 1. The third-order valence-electron chi connectivity index (χ3n) is 2.34. The van der Waals surface area contributed by atoms with Crippen LogP contribution in [0.25, 0.3) is 0 Å². The Morgan fingerprint density at radius 1 is 1.45 bits per heavy atom. The zero-order valence-electron chi connectivity index (χ0n) is 10.7. The lowest BCUT2D eigenvalue weighted by atomic mass is 10.3. The normalized spacial score (nSPS) is 11.3. The summed E-state index contributed by atoms with van der Waals surface area (Å²) in [5.41, 5.74) is 4.96. The average molecular weight is 324 g/mol. The van der Waals surface area contributed by atoms with Crippen LogP contribution in [0.1, 0.15) is 13.3 Å². The highest BCUT2D eigenvalue weighted by atomic mass is 35.5. The first-order valence-electron chi connectivity index (χ1n) is 5.78. The van der Waals surface area contributed by atoms with E-state index in [2.05, 4.69) is 10.0 Å². The number of anilines is 1. The molecule has 0 aliphatic carbocycles. The summed E-state index contributed by atoms with van der Waals surface area (Å²) in [5, 5.41) is 2.20. The Morgan fingerprint density at radius 3 is 2.70 bits per heavy atom. The van der Waals surface area contributed by atoms with Crippen LogP contribution < -0.4 is 15.8 Å². The summed E-state index contributed by atoms with van der Waals surface area (Å²) < 4.78 is 39.1. The van der Waals surface area contributed by atoms with Crippen LogP contribution in [0.4, 0.5) is 10.1 Å². The number of rotatable bonds is 6. The molecule has 4 N–H and O–H groups in total. The number of halogens is 2. The van der Waals surface area contributed by atoms with Crippen LogP contribution in [0.5, 0.6) is 0 Å². The fourth-order valence-electron chi connectivity index (χ4n) is 1.32. The maximum atomic E-state index is 13.1. The minimum absolute atomic E-state index is 0.307. The molecular weight excluding hydrogens is 309 g/mol. The zero-order valence-corrected chi connectivity index (χ0v) is 12.3. The number of amides is 1. The Bertz CT molecular complexity index is 607. The van der Waals surface area contributed by atoms with Gasteiger partial charge in [0.1, 0.15) is 10.7 Å². The van der Waals surface area contributed by atoms with Crippen LogP contribution >= 0.6 is 11.6 Å². The summed E-state index contributed by atoms with van der Waals surface area (Å²) in [5.74, 6) is -1.28. The van der Waals surface area contributed by atoms with Gasteiger partial charge in [-0.2, -0.15) is 0 Å². The number of carbonyl (C=O) groups is 1. The number of carbonyl (C=O) groups excluding carboxylic acids is 1. The Balaban J connectivity index is 2.84. The standard InChI is InChI=1S/C11H15ClFN3O3S/c1-2-3-15-11(17)6-16-20(18,19)10-5-9(14)8(13)4-7(10)12/h4-5,16H,2-3,6,14H2,1H3,(H,15,17). The summed E-state index contributed by atoms with van der Waals surface area (Å²) >= 11 is 5.67. The van der Waals surface area contributed by atoms with Gasteiger partial charge in [0.25, 0.3) is 0 Å². The van der Waals surface area contributed by atoms with Gasteiger partial charge < -0.3 is 11.1 Å². The van der Waals surface area contributed by atoms with Crippen LogP contribution in [0, 0.1) is 5.82 Å². The number of hydrogen-bond acceptors (Lipinski definition) is 4. The second-order valence-corrected chi connectivity index (χ2v) is 6.12. The number of nitrogens with one attached hydrogen (secondary N) is 2. The van der Waals surface area contributed by atoms with Crippen molar-refractivity contribution in [1.82, 2.24) is 10.0 Å². The molecule has 9 heteroatoms. The molecule has 112 valence electrons. The van der Waals surface area contributed by atoms with Gasteiger partial charge in [-0.05, 0) is 18.6 Å². The van der Waals surface area contributed by atoms with Crippen molar-refractivity contribution in [2.24, 2.45) is 0 Å². The molecule has 0 fully saturated rings. The summed E-state index contributed by atoms with van der Waals surface area (Å²) in [6.07, 6.45) is 0.735. The third-order valence-corrected chi connectivity index (χ3v) is 4.20. The lowest BCUT2D eigenvalue weighted by Gasteiger charge is -2.09. The van der Waals surface area contributed by atoms with E-state index in [0.29, 0.717) is 6.54 Å². The minimum Gasteiger partial charge on any atom is -0.396 e. The summed E-state index contributed by atoms with van der Waals surface area (Å²) in [7, 11) is -4.04. The molecule has 0 heterocycles. The fraction of sp³-hybridized carbons (Fsp3) is 0.364. The third kappa shape index (κ3) is 4.32. The van der Waals surface area contributed by atoms with Crippen molar-refractivity contribution >= 4 is 33.2 Å². The van der Waals surface area contributed by atoms with E-state index in [9.17, 15) is 17.6 Å². The van der Waals surface area contributed by atoms with E-state index in [1.165, 1.54) is 0 Å². The molecule has 1 amide bonds. The molecule has 0 saturated carbocycles. The quantitative estimate of drug-likeness (QED) is 0.676. The first-order chi connectivity index (χ1) is 9.27. The molecule has 0 radical (unpaired) electrons. The van der Waals surface area contributed by atoms with Gasteiger partial charge in [-0.3, -0.25) is 4.79 Å². The van der Waals surface area contributed by atoms with E-state index in [1.807, 2.05) is 6.92 Å². The van der Waals surface area contributed by atoms with Crippen LogP contribution in [0.2, 0.25) is 5.02 Å². The van der Waals surface area contributed by atoms with Gasteiger partial charge in [0, 0.05) is 6.54 Å². The second-order valence-electron chi connectivity index (χ2n) is 3.98. The smallest absolute Gasteiger partial charge is 0.242 e. The average Bonchev–Trinajstić information content (AvgIpc) is 2.38. The number of hydrogen-bond donors (Lipinski definition) is 3. The van der Waals surface area contributed by atoms with Gasteiger partial charge in [0.05, 0.1) is 17.3 Å². The molecule has 0 aliphatic heterocycles. The van der Waals surface area contributed by atoms with E-state index in [4.69, 9.17) is 17.3 Å². The van der Waals surface area contributed by atoms with Crippen molar-refractivity contribution in [1.29, 1.82) is 0 Å². The molecule has 1 aromatic carbocycles. The Morgan fingerprint density at radius 2 is 2.10 bits per heavy atom. The van der Waals surface area contributed by atoms with Crippen molar-refractivity contribution in [3.8, 4) is 0 Å². The fourth-order valence-corrected chi connectivity index (χ4v) is 2.85. The Hall–Kier alpha value is -1.38. The largest absolute Gasteiger partial charge is 0.396 e. The van der Waals surface area contributed by atoms with Crippen molar-refractivity contribution < 1.29 is 17.6 Å². The number of sulfonamides is 1. The van der Waals surface area contributed by atoms with Gasteiger partial charge >= 0.3 is 0 Å². The molecule has 0 bridgehead atoms. The van der Waals surface area contributed by atoms with E-state index < -0.39 is 28.3 Å².